The maximum Gasteiger partial charge on any atom is -0.107 e. The molecule has 6 rings (SSSR count). The minimum atomic E-state index is -4.11. The van der Waals surface area contributed by atoms with Crippen LogP contribution in [0.2, 0.25) is 26.6 Å². The first-order valence-electron chi connectivity index (χ1n) is 23.6. The Morgan fingerprint density at radius 2 is 0.375 bits per heavy atom. The van der Waals surface area contributed by atoms with Gasteiger partial charge in [0.15, 0.2) is 0 Å². The first-order valence-corrected chi connectivity index (χ1v) is 38.1. The Morgan fingerprint density at radius 3 is 0.500 bits per heavy atom. The van der Waals surface area contributed by atoms with Gasteiger partial charge in [0.25, 0.3) is 0 Å². The van der Waals surface area contributed by atoms with Crippen LogP contribution in [0.1, 0.15) is 116 Å². The van der Waals surface area contributed by atoms with Gasteiger partial charge in [0.05, 0.1) is 0 Å². The van der Waals surface area contributed by atoms with Crippen LogP contribution in [0.25, 0.3) is 0 Å². The van der Waals surface area contributed by atoms with Gasteiger partial charge in [-0.25, -0.2) is 0 Å². The van der Waals surface area contributed by atoms with Crippen molar-refractivity contribution in [2.24, 2.45) is 0 Å². The van der Waals surface area contributed by atoms with Crippen molar-refractivity contribution in [1.82, 2.24) is 0 Å². The van der Waals surface area contributed by atoms with E-state index in [4.69, 9.17) is 0 Å². The monoisotopic (exact) mass is 1180 g/mol. The molecule has 0 aliphatic heterocycles. The third-order valence-electron chi connectivity index (χ3n) is 14.3. The van der Waals surface area contributed by atoms with Crippen LogP contribution in [0.5, 0.6) is 0 Å². The van der Waals surface area contributed by atoms with Gasteiger partial charge < -0.3 is 0 Å². The van der Waals surface area contributed by atoms with E-state index in [2.05, 4.69) is 265 Å². The molecule has 0 amide bonds. The molecule has 340 valence electrons. The Morgan fingerprint density at radius 1 is 0.250 bits per heavy atom. The number of hydrogen-bond donors (Lipinski definition) is 0. The molecule has 0 aliphatic rings. The van der Waals surface area contributed by atoms with Crippen molar-refractivity contribution in [3.05, 3.63) is 215 Å². The smallest absolute Gasteiger partial charge is 0.107 e. The summed E-state index contributed by atoms with van der Waals surface area (Å²) in [7, 11) is 0. The summed E-state index contributed by atoms with van der Waals surface area (Å²) in [6.07, 6.45) is 0. The van der Waals surface area contributed by atoms with Crippen molar-refractivity contribution in [3.63, 3.8) is 0 Å². The van der Waals surface area contributed by atoms with Gasteiger partial charge in [-0.3, -0.25) is 0 Å². The largest absolute Gasteiger partial charge is 0.107 e. The Balaban J connectivity index is 0.00000771. The van der Waals surface area contributed by atoms with Crippen LogP contribution in [0, 0.1) is 0 Å². The summed E-state index contributed by atoms with van der Waals surface area (Å²) in [6, 6.07) is 68.6. The summed E-state index contributed by atoms with van der Waals surface area (Å²) < 4.78 is 16.1. The second-order valence-electron chi connectivity index (χ2n) is 23.0. The Bertz CT molecular complexity index is 1880. The van der Waals surface area contributed by atoms with Gasteiger partial charge in [-0.2, -0.15) is 0 Å². The average molecular weight is 1180 g/mol. The van der Waals surface area contributed by atoms with E-state index in [1.165, 1.54) is 33.4 Å². The predicted molar refractivity (Wildman–Crippen MR) is 294 cm³/mol. The van der Waals surface area contributed by atoms with E-state index in [1.807, 2.05) is 0 Å². The molecule has 1 nitrogen and oxygen atoms in total. The minimum Gasteiger partial charge on any atom is -0.107 e. The van der Waals surface area contributed by atoms with Crippen molar-refractivity contribution in [2.45, 2.75) is 142 Å². The van der Waals surface area contributed by atoms with Crippen molar-refractivity contribution in [1.29, 1.82) is 0 Å². The van der Waals surface area contributed by atoms with Crippen LogP contribution in [0.4, 0.5) is 0 Å². The van der Waals surface area contributed by atoms with Crippen LogP contribution < -0.4 is 0 Å². The maximum atomic E-state index is 9.39. The Hall–Kier alpha value is -2.39. The zero-order chi connectivity index (χ0) is 45.6. The van der Waals surface area contributed by atoms with E-state index in [0.29, 0.717) is 0 Å². The van der Waals surface area contributed by atoms with Crippen molar-refractivity contribution >= 4 is 61.6 Å². The Kier molecular flexibility index (Phi) is 17.5. The first-order chi connectivity index (χ1) is 29.6. The molecular formula is C60H79IOSn2. The molecule has 0 saturated carbocycles. The SMILES string of the molecule is CC(C)([CH2][Sn]([CH2]C(C)(C)c1ccccc1)([CH2]C(C)(C)c1ccccc1)[O][Sn]([CH2]C(C)(C)c1ccccc1)([CH2]C(C)(C)c1ccccc1)[CH2]C(C)(C)c1ccccc1)c1ccccc1.I. The van der Waals surface area contributed by atoms with E-state index in [-0.39, 0.29) is 56.5 Å². The molecular weight excluding hydrogens is 1100 g/mol. The van der Waals surface area contributed by atoms with Gasteiger partial charge in [0.2, 0.25) is 0 Å². The number of benzene rings is 6. The molecule has 0 saturated heterocycles. The molecule has 0 spiro atoms. The summed E-state index contributed by atoms with van der Waals surface area (Å²) in [5, 5.41) is 0. The zero-order valence-corrected chi connectivity index (χ0v) is 49.4. The summed E-state index contributed by atoms with van der Waals surface area (Å²) in [4.78, 5) is 0. The van der Waals surface area contributed by atoms with E-state index in [9.17, 15) is 1.41 Å². The molecule has 6 aromatic carbocycles. The molecule has 0 radical (unpaired) electrons. The number of rotatable bonds is 20. The van der Waals surface area contributed by atoms with Crippen LogP contribution >= 0.6 is 24.0 Å². The predicted octanol–water partition coefficient (Wildman–Crippen LogP) is 17.4. The number of hydrogen-bond acceptors (Lipinski definition) is 1. The normalized spacial score (nSPS) is 13.3. The third-order valence-corrected chi connectivity index (χ3v) is 59.6. The molecule has 0 aliphatic carbocycles. The standard InChI is InChI=1S/6C10H13.HI.O.2Sn/c6*1-10(2,3)9-7-5-4-6-8-9;;;;/h6*4-8H,1H2,2-3H3;1H;;;. The molecule has 0 N–H and O–H groups in total. The Labute approximate surface area is 416 Å². The van der Waals surface area contributed by atoms with E-state index in [0.717, 1.165) is 26.6 Å². The summed E-state index contributed by atoms with van der Waals surface area (Å²) in [5.41, 5.74) is 7.98. The second kappa shape index (κ2) is 21.3. The molecule has 6 aromatic rings. The van der Waals surface area contributed by atoms with Crippen molar-refractivity contribution < 1.29 is 1.41 Å². The fraction of sp³-hybridized carbons (Fsp3) is 0.400. The first kappa shape index (κ1) is 52.6. The van der Waals surface area contributed by atoms with Gasteiger partial charge in [0, 0.05) is 0 Å². The number of halogens is 1. The summed E-state index contributed by atoms with van der Waals surface area (Å²) in [6.45, 7) is 30.4. The van der Waals surface area contributed by atoms with Crippen LogP contribution in [-0.4, -0.2) is 37.6 Å². The van der Waals surface area contributed by atoms with Crippen molar-refractivity contribution in [2.75, 3.05) is 0 Å². The van der Waals surface area contributed by atoms with Gasteiger partial charge >= 0.3 is 397 Å². The third kappa shape index (κ3) is 13.4. The quantitative estimate of drug-likeness (QED) is 0.0547. The fourth-order valence-electron chi connectivity index (χ4n) is 11.8. The zero-order valence-electron chi connectivity index (χ0n) is 41.4. The minimum absolute atomic E-state index is 0. The van der Waals surface area contributed by atoms with Crippen LogP contribution in [0.3, 0.4) is 0 Å². The fourth-order valence-corrected chi connectivity index (χ4v) is 74.8. The molecule has 64 heavy (non-hydrogen) atoms. The van der Waals surface area contributed by atoms with Gasteiger partial charge in [-0.05, 0) is 0 Å². The topological polar surface area (TPSA) is 9.23 Å². The van der Waals surface area contributed by atoms with Crippen LogP contribution in [-0.2, 0) is 33.9 Å². The second-order valence-corrected chi connectivity index (χ2v) is 47.1. The molecule has 0 bridgehead atoms. The van der Waals surface area contributed by atoms with Gasteiger partial charge in [-0.1, -0.05) is 0 Å². The van der Waals surface area contributed by atoms with Gasteiger partial charge in [-0.15, -0.1) is 24.0 Å². The molecule has 0 unspecified atom stereocenters. The maximum absolute atomic E-state index is 9.39. The van der Waals surface area contributed by atoms with E-state index in [1.54, 1.807) is 0 Å². The molecule has 0 atom stereocenters. The molecule has 4 heteroatoms. The molecule has 0 heterocycles. The summed E-state index contributed by atoms with van der Waals surface area (Å²) >= 11 is -8.23. The van der Waals surface area contributed by atoms with E-state index >= 15 is 0 Å². The average Bonchev–Trinajstić information content (AvgIpc) is 3.24. The summed E-state index contributed by atoms with van der Waals surface area (Å²) in [5.74, 6) is 0. The molecule has 0 aromatic heterocycles. The van der Waals surface area contributed by atoms with E-state index < -0.39 is 37.6 Å². The van der Waals surface area contributed by atoms with Crippen molar-refractivity contribution in [3.8, 4) is 0 Å². The van der Waals surface area contributed by atoms with Crippen LogP contribution in [0.15, 0.2) is 182 Å². The van der Waals surface area contributed by atoms with Gasteiger partial charge in [0.1, 0.15) is 0 Å². The molecule has 0 fully saturated rings.